The molecular formula is C12H19F3N2O3. The van der Waals surface area contributed by atoms with Gasteiger partial charge in [0, 0.05) is 19.0 Å². The zero-order valence-corrected chi connectivity index (χ0v) is 11.0. The molecule has 1 aliphatic carbocycles. The molecule has 0 aliphatic heterocycles. The van der Waals surface area contributed by atoms with Crippen LogP contribution in [0.4, 0.5) is 18.0 Å². The molecule has 8 heteroatoms. The minimum atomic E-state index is -4.17. The molecule has 1 rings (SSSR count). The SMILES string of the molecule is O=C(O)CC(NC(=O)NCCCCC(F)(F)F)C1CC1. The van der Waals surface area contributed by atoms with E-state index in [2.05, 4.69) is 10.6 Å². The van der Waals surface area contributed by atoms with Crippen LogP contribution >= 0.6 is 0 Å². The molecule has 3 N–H and O–H groups in total. The summed E-state index contributed by atoms with van der Waals surface area (Å²) in [4.78, 5) is 22.1. The van der Waals surface area contributed by atoms with Gasteiger partial charge in [-0.25, -0.2) is 4.79 Å². The second-order valence-electron chi connectivity index (χ2n) is 5.01. The summed E-state index contributed by atoms with van der Waals surface area (Å²) in [6.45, 7) is 0.145. The van der Waals surface area contributed by atoms with Crippen LogP contribution in [0.3, 0.4) is 0 Å². The van der Waals surface area contributed by atoms with Crippen molar-refractivity contribution in [3.63, 3.8) is 0 Å². The van der Waals surface area contributed by atoms with E-state index in [1.54, 1.807) is 0 Å². The first-order valence-electron chi connectivity index (χ1n) is 6.61. The third kappa shape index (κ3) is 7.85. The van der Waals surface area contributed by atoms with Crippen molar-refractivity contribution in [3.8, 4) is 0 Å². The van der Waals surface area contributed by atoms with Crippen molar-refractivity contribution in [3.05, 3.63) is 0 Å². The van der Waals surface area contributed by atoms with Crippen LogP contribution in [0.25, 0.3) is 0 Å². The van der Waals surface area contributed by atoms with Crippen molar-refractivity contribution >= 4 is 12.0 Å². The summed E-state index contributed by atoms with van der Waals surface area (Å²) < 4.78 is 35.6. The lowest BCUT2D eigenvalue weighted by Crippen LogP contribution is -2.44. The van der Waals surface area contributed by atoms with E-state index in [1.165, 1.54) is 0 Å². The van der Waals surface area contributed by atoms with E-state index >= 15 is 0 Å². The Morgan fingerprint density at radius 1 is 1.25 bits per heavy atom. The van der Waals surface area contributed by atoms with E-state index in [1.807, 2.05) is 0 Å². The number of aliphatic carboxylic acids is 1. The Hall–Kier alpha value is -1.47. The number of hydrogen-bond acceptors (Lipinski definition) is 2. The Morgan fingerprint density at radius 2 is 1.90 bits per heavy atom. The highest BCUT2D eigenvalue weighted by Crippen LogP contribution is 2.33. The first-order chi connectivity index (χ1) is 9.28. The summed E-state index contributed by atoms with van der Waals surface area (Å²) in [7, 11) is 0. The molecule has 1 saturated carbocycles. The van der Waals surface area contributed by atoms with Gasteiger partial charge in [-0.2, -0.15) is 13.2 Å². The van der Waals surface area contributed by atoms with Gasteiger partial charge >= 0.3 is 18.2 Å². The average Bonchev–Trinajstić information content (AvgIpc) is 3.09. The smallest absolute Gasteiger partial charge is 0.389 e. The Kier molecular flexibility index (Phi) is 6.09. The number of halogens is 3. The summed E-state index contributed by atoms with van der Waals surface area (Å²) in [6, 6.07) is -0.919. The molecule has 0 aromatic rings. The quantitative estimate of drug-likeness (QED) is 0.601. The number of carboxylic acid groups (broad SMARTS) is 1. The lowest BCUT2D eigenvalue weighted by atomic mass is 10.1. The molecule has 1 fully saturated rings. The largest absolute Gasteiger partial charge is 0.481 e. The van der Waals surface area contributed by atoms with Gasteiger partial charge in [0.05, 0.1) is 6.42 Å². The lowest BCUT2D eigenvalue weighted by molar-refractivity contribution is -0.138. The third-order valence-corrected chi connectivity index (χ3v) is 3.07. The van der Waals surface area contributed by atoms with Crippen LogP contribution in [-0.2, 0) is 4.79 Å². The molecule has 2 amide bonds. The Morgan fingerprint density at radius 3 is 2.40 bits per heavy atom. The maximum atomic E-state index is 11.9. The number of carboxylic acids is 1. The highest BCUT2D eigenvalue weighted by molar-refractivity contribution is 5.75. The van der Waals surface area contributed by atoms with E-state index in [0.29, 0.717) is 0 Å². The van der Waals surface area contributed by atoms with Crippen LogP contribution < -0.4 is 10.6 Å². The van der Waals surface area contributed by atoms with Gasteiger partial charge in [-0.3, -0.25) is 4.79 Å². The summed E-state index contributed by atoms with van der Waals surface area (Å²) in [6.07, 6.45) is -3.18. The monoisotopic (exact) mass is 296 g/mol. The number of urea groups is 1. The molecule has 0 aromatic heterocycles. The molecule has 1 atom stereocenters. The number of hydrogen-bond donors (Lipinski definition) is 3. The van der Waals surface area contributed by atoms with E-state index < -0.39 is 30.6 Å². The van der Waals surface area contributed by atoms with Gasteiger partial charge < -0.3 is 15.7 Å². The van der Waals surface area contributed by atoms with Gasteiger partial charge in [0.2, 0.25) is 0 Å². The van der Waals surface area contributed by atoms with E-state index in [-0.39, 0.29) is 31.7 Å². The predicted octanol–water partition coefficient (Wildman–Crippen LogP) is 2.27. The summed E-state index contributed by atoms with van der Waals surface area (Å²) in [5.74, 6) is -0.783. The molecule has 0 radical (unpaired) electrons. The first kappa shape index (κ1) is 16.6. The highest BCUT2D eigenvalue weighted by atomic mass is 19.4. The normalized spacial score (nSPS) is 16.6. The van der Waals surface area contributed by atoms with Gasteiger partial charge in [-0.1, -0.05) is 0 Å². The predicted molar refractivity (Wildman–Crippen MR) is 65.2 cm³/mol. The summed E-state index contributed by atoms with van der Waals surface area (Å²) in [5, 5.41) is 13.7. The Bertz CT molecular complexity index is 343. The third-order valence-electron chi connectivity index (χ3n) is 3.07. The fraction of sp³-hybridized carbons (Fsp3) is 0.833. The van der Waals surface area contributed by atoms with Crippen molar-refractivity contribution in [2.45, 2.75) is 50.7 Å². The molecule has 1 unspecified atom stereocenters. The van der Waals surface area contributed by atoms with E-state index in [0.717, 1.165) is 12.8 Å². The lowest BCUT2D eigenvalue weighted by Gasteiger charge is -2.16. The Labute approximate surface area is 114 Å². The molecule has 1 aliphatic rings. The highest BCUT2D eigenvalue weighted by Gasteiger charge is 2.33. The molecule has 5 nitrogen and oxygen atoms in total. The number of carbonyl (C=O) groups is 2. The minimum absolute atomic E-state index is 0.0367. The second-order valence-corrected chi connectivity index (χ2v) is 5.01. The fourth-order valence-corrected chi connectivity index (χ4v) is 1.89. The zero-order valence-electron chi connectivity index (χ0n) is 11.0. The topological polar surface area (TPSA) is 78.4 Å². The fourth-order valence-electron chi connectivity index (χ4n) is 1.89. The standard InChI is InChI=1S/C12H19F3N2O3/c13-12(14,15)5-1-2-6-16-11(20)17-9(7-10(18)19)8-3-4-8/h8-9H,1-7H2,(H,18,19)(H2,16,17,20). The van der Waals surface area contributed by atoms with Crippen molar-refractivity contribution in [2.75, 3.05) is 6.54 Å². The van der Waals surface area contributed by atoms with Crippen molar-refractivity contribution in [1.82, 2.24) is 10.6 Å². The summed E-state index contributed by atoms with van der Waals surface area (Å²) in [5.41, 5.74) is 0. The van der Waals surface area contributed by atoms with Gasteiger partial charge in [-0.15, -0.1) is 0 Å². The van der Waals surface area contributed by atoms with Crippen LogP contribution in [0.15, 0.2) is 0 Å². The molecule has 0 bridgehead atoms. The van der Waals surface area contributed by atoms with Crippen LogP contribution in [-0.4, -0.2) is 35.9 Å². The Balaban J connectivity index is 2.14. The van der Waals surface area contributed by atoms with Gasteiger partial charge in [0.25, 0.3) is 0 Å². The number of rotatable bonds is 8. The average molecular weight is 296 g/mol. The van der Waals surface area contributed by atoms with Crippen LogP contribution in [0, 0.1) is 5.92 Å². The maximum Gasteiger partial charge on any atom is 0.389 e. The molecule has 0 aromatic carbocycles. The first-order valence-corrected chi connectivity index (χ1v) is 6.61. The van der Waals surface area contributed by atoms with E-state index in [9.17, 15) is 22.8 Å². The van der Waals surface area contributed by atoms with Gasteiger partial charge in [0.1, 0.15) is 0 Å². The molecule has 20 heavy (non-hydrogen) atoms. The van der Waals surface area contributed by atoms with Crippen molar-refractivity contribution in [1.29, 1.82) is 0 Å². The van der Waals surface area contributed by atoms with Gasteiger partial charge in [0.15, 0.2) is 0 Å². The maximum absolute atomic E-state index is 11.9. The number of unbranched alkanes of at least 4 members (excludes halogenated alkanes) is 1. The van der Waals surface area contributed by atoms with Crippen molar-refractivity contribution < 1.29 is 27.9 Å². The molecular weight excluding hydrogens is 277 g/mol. The zero-order chi connectivity index (χ0) is 15.2. The minimum Gasteiger partial charge on any atom is -0.481 e. The molecule has 0 saturated heterocycles. The number of nitrogens with one attached hydrogen (secondary N) is 2. The summed E-state index contributed by atoms with van der Waals surface area (Å²) >= 11 is 0. The number of carbonyl (C=O) groups excluding carboxylic acids is 1. The number of alkyl halides is 3. The second kappa shape index (κ2) is 7.35. The van der Waals surface area contributed by atoms with Crippen LogP contribution in [0.5, 0.6) is 0 Å². The number of amides is 2. The van der Waals surface area contributed by atoms with Crippen LogP contribution in [0.1, 0.15) is 38.5 Å². The molecule has 116 valence electrons. The van der Waals surface area contributed by atoms with Gasteiger partial charge in [-0.05, 0) is 31.6 Å². The molecule has 0 spiro atoms. The van der Waals surface area contributed by atoms with Crippen LogP contribution in [0.2, 0.25) is 0 Å². The molecule has 0 heterocycles. The van der Waals surface area contributed by atoms with E-state index in [4.69, 9.17) is 5.11 Å². The van der Waals surface area contributed by atoms with Crippen molar-refractivity contribution in [2.24, 2.45) is 5.92 Å².